The molecule has 0 bridgehead atoms. The summed E-state index contributed by atoms with van der Waals surface area (Å²) in [4.78, 5) is 3.92. The van der Waals surface area contributed by atoms with Crippen molar-refractivity contribution in [1.82, 2.24) is 14.8 Å². The van der Waals surface area contributed by atoms with Crippen LogP contribution in [0.2, 0.25) is 0 Å². The van der Waals surface area contributed by atoms with Gasteiger partial charge in [-0.3, -0.25) is 0 Å². The molecule has 2 atom stereocenters. The predicted octanol–water partition coefficient (Wildman–Crippen LogP) is 1.47. The van der Waals surface area contributed by atoms with Gasteiger partial charge in [-0.2, -0.15) is 5.26 Å². The van der Waals surface area contributed by atoms with Gasteiger partial charge in [0.15, 0.2) is 0 Å². The number of rotatable bonds is 3. The van der Waals surface area contributed by atoms with E-state index >= 15 is 0 Å². The normalized spacial score (nSPS) is 15.5. The Kier molecular flexibility index (Phi) is 3.66. The van der Waals surface area contributed by atoms with E-state index < -0.39 is 0 Å². The first kappa shape index (κ1) is 12.7. The summed E-state index contributed by atoms with van der Waals surface area (Å²) in [7, 11) is 0. The quantitative estimate of drug-likeness (QED) is 0.838. The minimum atomic E-state index is -0.0180. The Bertz CT molecular complexity index is 382. The molecule has 0 saturated heterocycles. The van der Waals surface area contributed by atoms with Crippen LogP contribution in [0.1, 0.15) is 46.0 Å². The van der Waals surface area contributed by atoms with Gasteiger partial charge >= 0.3 is 0 Å². The van der Waals surface area contributed by atoms with Crippen LogP contribution in [0.25, 0.3) is 0 Å². The standard InChI is InChI=1S/C11H19N5/c1-5-8(13)10(11(2,3)4)16-7-14-9(6-12)15-16/h7-8,10H,5,13H2,1-4H3. The average molecular weight is 221 g/mol. The third-order valence-electron chi connectivity index (χ3n) is 2.66. The minimum Gasteiger partial charge on any atom is -0.326 e. The first-order valence-electron chi connectivity index (χ1n) is 5.47. The third-order valence-corrected chi connectivity index (χ3v) is 2.66. The van der Waals surface area contributed by atoms with Gasteiger partial charge in [-0.15, -0.1) is 5.10 Å². The Balaban J connectivity index is 3.07. The van der Waals surface area contributed by atoms with Crippen LogP contribution < -0.4 is 5.73 Å². The van der Waals surface area contributed by atoms with Gasteiger partial charge in [0, 0.05) is 6.04 Å². The number of aromatic nitrogens is 3. The lowest BCUT2D eigenvalue weighted by Gasteiger charge is -2.34. The van der Waals surface area contributed by atoms with Crippen molar-refractivity contribution in [1.29, 1.82) is 5.26 Å². The van der Waals surface area contributed by atoms with Gasteiger partial charge in [0.05, 0.1) is 6.04 Å². The molecule has 0 aliphatic heterocycles. The number of hydrogen-bond donors (Lipinski definition) is 1. The molecule has 0 fully saturated rings. The van der Waals surface area contributed by atoms with E-state index in [9.17, 15) is 0 Å². The van der Waals surface area contributed by atoms with E-state index in [1.54, 1.807) is 11.0 Å². The van der Waals surface area contributed by atoms with Gasteiger partial charge in [0.1, 0.15) is 12.4 Å². The molecule has 0 saturated carbocycles. The van der Waals surface area contributed by atoms with Gasteiger partial charge in [-0.1, -0.05) is 27.7 Å². The highest BCUT2D eigenvalue weighted by molar-refractivity contribution is 5.06. The van der Waals surface area contributed by atoms with E-state index in [1.165, 1.54) is 0 Å². The molecule has 2 unspecified atom stereocenters. The molecule has 1 aromatic heterocycles. The van der Waals surface area contributed by atoms with E-state index in [4.69, 9.17) is 11.0 Å². The van der Waals surface area contributed by atoms with Crippen molar-refractivity contribution in [2.45, 2.75) is 46.2 Å². The molecule has 16 heavy (non-hydrogen) atoms. The Morgan fingerprint density at radius 3 is 2.56 bits per heavy atom. The lowest BCUT2D eigenvalue weighted by molar-refractivity contribution is 0.186. The van der Waals surface area contributed by atoms with Crippen molar-refractivity contribution in [2.75, 3.05) is 0 Å². The first-order valence-corrected chi connectivity index (χ1v) is 5.47. The molecule has 5 heteroatoms. The summed E-state index contributed by atoms with van der Waals surface area (Å²) in [6, 6.07) is 1.98. The molecule has 0 aromatic carbocycles. The fourth-order valence-corrected chi connectivity index (χ4v) is 1.92. The molecule has 1 heterocycles. The highest BCUT2D eigenvalue weighted by Crippen LogP contribution is 2.32. The summed E-state index contributed by atoms with van der Waals surface area (Å²) in [5.41, 5.74) is 6.10. The molecule has 0 spiro atoms. The molecule has 88 valence electrons. The van der Waals surface area contributed by atoms with Crippen molar-refractivity contribution in [3.05, 3.63) is 12.2 Å². The predicted molar refractivity (Wildman–Crippen MR) is 61.5 cm³/mol. The summed E-state index contributed by atoms with van der Waals surface area (Å²) in [6.07, 6.45) is 2.45. The van der Waals surface area contributed by atoms with Crippen LogP contribution in [-0.2, 0) is 0 Å². The summed E-state index contributed by atoms with van der Waals surface area (Å²) in [5.74, 6) is 0.192. The SMILES string of the molecule is CCC(N)C(n1cnc(C#N)n1)C(C)(C)C. The molecule has 5 nitrogen and oxygen atoms in total. The van der Waals surface area contributed by atoms with Crippen molar-refractivity contribution in [3.8, 4) is 6.07 Å². The van der Waals surface area contributed by atoms with Crippen molar-refractivity contribution in [2.24, 2.45) is 11.1 Å². The maximum Gasteiger partial charge on any atom is 0.252 e. The van der Waals surface area contributed by atoms with Gasteiger partial charge in [0.2, 0.25) is 0 Å². The molecule has 1 rings (SSSR count). The van der Waals surface area contributed by atoms with Crippen LogP contribution >= 0.6 is 0 Å². The second-order valence-corrected chi connectivity index (χ2v) is 5.04. The highest BCUT2D eigenvalue weighted by atomic mass is 15.4. The second-order valence-electron chi connectivity index (χ2n) is 5.04. The zero-order valence-corrected chi connectivity index (χ0v) is 10.3. The van der Waals surface area contributed by atoms with Crippen LogP contribution in [0.4, 0.5) is 0 Å². The largest absolute Gasteiger partial charge is 0.326 e. The lowest BCUT2D eigenvalue weighted by Crippen LogP contribution is -2.40. The van der Waals surface area contributed by atoms with Crippen LogP contribution in [0.5, 0.6) is 0 Å². The van der Waals surface area contributed by atoms with Crippen LogP contribution in [0.15, 0.2) is 6.33 Å². The average Bonchev–Trinajstić information content (AvgIpc) is 2.64. The van der Waals surface area contributed by atoms with Crippen molar-refractivity contribution >= 4 is 0 Å². The van der Waals surface area contributed by atoms with E-state index in [1.807, 2.05) is 13.0 Å². The van der Waals surface area contributed by atoms with E-state index in [-0.39, 0.29) is 23.3 Å². The molecular weight excluding hydrogens is 202 g/mol. The Morgan fingerprint density at radius 2 is 2.19 bits per heavy atom. The molecule has 0 radical (unpaired) electrons. The summed E-state index contributed by atoms with van der Waals surface area (Å²) >= 11 is 0. The summed E-state index contributed by atoms with van der Waals surface area (Å²) in [6.45, 7) is 8.38. The fourth-order valence-electron chi connectivity index (χ4n) is 1.92. The topological polar surface area (TPSA) is 80.5 Å². The third kappa shape index (κ3) is 2.58. The molecule has 0 aliphatic rings. The first-order chi connectivity index (χ1) is 7.40. The number of nitrogens with two attached hydrogens (primary N) is 1. The van der Waals surface area contributed by atoms with Gasteiger partial charge in [0.25, 0.3) is 5.82 Å². The zero-order chi connectivity index (χ0) is 12.3. The summed E-state index contributed by atoms with van der Waals surface area (Å²) in [5, 5.41) is 12.8. The van der Waals surface area contributed by atoms with E-state index in [0.717, 1.165) is 6.42 Å². The number of nitriles is 1. The minimum absolute atomic E-state index is 0.00763. The maximum atomic E-state index is 8.71. The van der Waals surface area contributed by atoms with Crippen molar-refractivity contribution in [3.63, 3.8) is 0 Å². The maximum absolute atomic E-state index is 8.71. The molecule has 0 aliphatic carbocycles. The second kappa shape index (κ2) is 4.62. The number of nitrogens with zero attached hydrogens (tertiary/aromatic N) is 4. The summed E-state index contributed by atoms with van der Waals surface area (Å²) < 4.78 is 1.72. The Labute approximate surface area is 96.3 Å². The molecule has 2 N–H and O–H groups in total. The Hall–Kier alpha value is -1.41. The molecule has 1 aromatic rings. The Morgan fingerprint density at radius 1 is 1.56 bits per heavy atom. The monoisotopic (exact) mass is 221 g/mol. The smallest absolute Gasteiger partial charge is 0.252 e. The molecular formula is C11H19N5. The van der Waals surface area contributed by atoms with Gasteiger partial charge in [-0.05, 0) is 11.8 Å². The lowest BCUT2D eigenvalue weighted by atomic mass is 9.82. The molecule has 0 amide bonds. The number of hydrogen-bond acceptors (Lipinski definition) is 4. The zero-order valence-electron chi connectivity index (χ0n) is 10.3. The fraction of sp³-hybridized carbons (Fsp3) is 0.727. The van der Waals surface area contributed by atoms with E-state index in [0.29, 0.717) is 0 Å². The van der Waals surface area contributed by atoms with Crippen LogP contribution in [-0.4, -0.2) is 20.8 Å². The highest BCUT2D eigenvalue weighted by Gasteiger charge is 2.31. The van der Waals surface area contributed by atoms with Crippen molar-refractivity contribution < 1.29 is 0 Å². The van der Waals surface area contributed by atoms with Gasteiger partial charge < -0.3 is 5.73 Å². The van der Waals surface area contributed by atoms with Gasteiger partial charge in [-0.25, -0.2) is 9.67 Å². The van der Waals surface area contributed by atoms with Crippen LogP contribution in [0.3, 0.4) is 0 Å². The van der Waals surface area contributed by atoms with E-state index in [2.05, 4.69) is 30.9 Å². The van der Waals surface area contributed by atoms with Crippen LogP contribution in [0, 0.1) is 16.7 Å².